The molecule has 0 spiro atoms. The number of aromatic nitrogens is 2. The Morgan fingerprint density at radius 3 is 2.56 bits per heavy atom. The van der Waals surface area contributed by atoms with Gasteiger partial charge in [-0.3, -0.25) is 0 Å². The molecule has 0 bridgehead atoms. The van der Waals surface area contributed by atoms with Crippen molar-refractivity contribution in [2.24, 2.45) is 0 Å². The molecule has 1 aliphatic heterocycles. The number of benzene rings is 1. The Balaban J connectivity index is 1.67. The predicted octanol–water partition coefficient (Wildman–Crippen LogP) is 5.72. The largest absolute Gasteiger partial charge is 0.462 e. The fourth-order valence-electron chi connectivity index (χ4n) is 4.45. The molecule has 39 heavy (non-hydrogen) atoms. The topological polar surface area (TPSA) is 82.4 Å². The number of esters is 1. The number of rotatable bonds is 7. The highest BCUT2D eigenvalue weighted by Crippen LogP contribution is 2.32. The number of imidazole rings is 1. The predicted molar refractivity (Wildman–Crippen MR) is 142 cm³/mol. The van der Waals surface area contributed by atoms with Gasteiger partial charge in [0.1, 0.15) is 22.9 Å². The number of pyridine rings is 1. The lowest BCUT2D eigenvalue weighted by Crippen LogP contribution is -2.48. The van der Waals surface area contributed by atoms with Gasteiger partial charge in [-0.15, -0.1) is 0 Å². The Labute approximate surface area is 226 Å². The highest BCUT2D eigenvalue weighted by atomic mass is 19.1. The van der Waals surface area contributed by atoms with Gasteiger partial charge in [0.2, 0.25) is 0 Å². The van der Waals surface area contributed by atoms with Crippen molar-refractivity contribution < 1.29 is 32.6 Å². The molecule has 210 valence electrons. The van der Waals surface area contributed by atoms with Crippen LogP contribution >= 0.6 is 0 Å². The van der Waals surface area contributed by atoms with Crippen molar-refractivity contribution in [3.63, 3.8) is 0 Å². The maximum atomic E-state index is 15.4. The molecular formula is C29H35F2N3O5. The zero-order valence-electron chi connectivity index (χ0n) is 23.1. The second kappa shape index (κ2) is 11.7. The summed E-state index contributed by atoms with van der Waals surface area (Å²) in [6.07, 6.45) is 2.62. The van der Waals surface area contributed by atoms with E-state index in [2.05, 4.69) is 4.98 Å². The lowest BCUT2D eigenvalue weighted by atomic mass is 10.0. The molecule has 1 aromatic carbocycles. The molecule has 0 saturated carbocycles. The third-order valence-corrected chi connectivity index (χ3v) is 6.34. The smallest absolute Gasteiger partial charge is 0.410 e. The summed E-state index contributed by atoms with van der Waals surface area (Å²) in [5.41, 5.74) is 0.909. The number of hydrogen-bond acceptors (Lipinski definition) is 6. The van der Waals surface area contributed by atoms with Crippen LogP contribution in [0.25, 0.3) is 16.9 Å². The van der Waals surface area contributed by atoms with Crippen molar-refractivity contribution in [2.45, 2.75) is 65.6 Å². The quantitative estimate of drug-likeness (QED) is 0.280. The van der Waals surface area contributed by atoms with Crippen LogP contribution in [0.5, 0.6) is 0 Å². The molecule has 1 amide bonds. The van der Waals surface area contributed by atoms with Crippen LogP contribution in [0.4, 0.5) is 13.6 Å². The number of carbonyl (C=O) groups is 2. The number of fused-ring (bicyclic) bond motifs is 1. The van der Waals surface area contributed by atoms with Gasteiger partial charge in [0.15, 0.2) is 0 Å². The Hall–Kier alpha value is -3.53. The van der Waals surface area contributed by atoms with Crippen LogP contribution in [-0.2, 0) is 20.6 Å². The maximum Gasteiger partial charge on any atom is 0.410 e. The average molecular weight is 544 g/mol. The molecule has 2 aromatic heterocycles. The van der Waals surface area contributed by atoms with Crippen molar-refractivity contribution in [3.8, 4) is 11.3 Å². The number of halogens is 2. The summed E-state index contributed by atoms with van der Waals surface area (Å²) < 4.78 is 49.2. The Morgan fingerprint density at radius 2 is 1.90 bits per heavy atom. The van der Waals surface area contributed by atoms with E-state index in [1.165, 1.54) is 0 Å². The average Bonchev–Trinajstić information content (AvgIpc) is 3.19. The summed E-state index contributed by atoms with van der Waals surface area (Å²) in [5, 5.41) is 0. The molecule has 3 heterocycles. The van der Waals surface area contributed by atoms with E-state index in [9.17, 15) is 9.59 Å². The second-order valence-electron chi connectivity index (χ2n) is 10.8. The van der Waals surface area contributed by atoms with Crippen molar-refractivity contribution in [1.29, 1.82) is 0 Å². The van der Waals surface area contributed by atoms with Gasteiger partial charge in [0.25, 0.3) is 0 Å². The second-order valence-corrected chi connectivity index (χ2v) is 10.8. The van der Waals surface area contributed by atoms with Crippen molar-refractivity contribution >= 4 is 17.7 Å². The fourth-order valence-corrected chi connectivity index (χ4v) is 4.45. The first-order valence-electron chi connectivity index (χ1n) is 13.2. The molecule has 3 aromatic rings. The van der Waals surface area contributed by atoms with Gasteiger partial charge in [-0.1, -0.05) is 13.3 Å². The van der Waals surface area contributed by atoms with Crippen LogP contribution < -0.4 is 0 Å². The van der Waals surface area contributed by atoms with Crippen molar-refractivity contribution in [1.82, 2.24) is 14.3 Å². The number of amides is 1. The molecule has 0 radical (unpaired) electrons. The van der Waals surface area contributed by atoms with Gasteiger partial charge < -0.3 is 23.5 Å². The number of ether oxygens (including phenoxy) is 3. The molecule has 1 atom stereocenters. The van der Waals surface area contributed by atoms with Crippen LogP contribution in [0, 0.1) is 18.6 Å². The molecule has 1 fully saturated rings. The first kappa shape index (κ1) is 28.5. The summed E-state index contributed by atoms with van der Waals surface area (Å²) >= 11 is 0. The minimum absolute atomic E-state index is 0.111. The Morgan fingerprint density at radius 1 is 1.18 bits per heavy atom. The lowest BCUT2D eigenvalue weighted by Gasteiger charge is -2.34. The molecule has 0 aliphatic carbocycles. The van der Waals surface area contributed by atoms with Crippen molar-refractivity contribution in [3.05, 3.63) is 58.9 Å². The normalized spacial score (nSPS) is 16.0. The molecule has 0 N–H and O–H groups in total. The van der Waals surface area contributed by atoms with E-state index >= 15 is 8.78 Å². The van der Waals surface area contributed by atoms with Crippen LogP contribution in [0.3, 0.4) is 0 Å². The summed E-state index contributed by atoms with van der Waals surface area (Å²) in [7, 11) is 0. The zero-order valence-corrected chi connectivity index (χ0v) is 23.1. The van der Waals surface area contributed by atoms with E-state index in [0.717, 1.165) is 24.1 Å². The van der Waals surface area contributed by atoms with Crippen LogP contribution in [0.15, 0.2) is 30.5 Å². The van der Waals surface area contributed by atoms with Crippen molar-refractivity contribution in [2.75, 3.05) is 26.3 Å². The van der Waals surface area contributed by atoms with Gasteiger partial charge in [-0.2, -0.15) is 0 Å². The number of hydrogen-bond donors (Lipinski definition) is 0. The number of morpholine rings is 1. The third-order valence-electron chi connectivity index (χ3n) is 6.34. The Bertz CT molecular complexity index is 1340. The number of nitrogens with zero attached hydrogens (tertiary/aromatic N) is 3. The molecule has 1 saturated heterocycles. The molecule has 4 rings (SSSR count). The summed E-state index contributed by atoms with van der Waals surface area (Å²) in [5.74, 6) is -2.62. The van der Waals surface area contributed by atoms with E-state index in [4.69, 9.17) is 14.2 Å². The minimum Gasteiger partial charge on any atom is -0.462 e. The highest BCUT2D eigenvalue weighted by molar-refractivity contribution is 5.90. The lowest BCUT2D eigenvalue weighted by molar-refractivity contribution is -0.0418. The molecule has 0 unspecified atom stereocenters. The Kier molecular flexibility index (Phi) is 8.54. The molecule has 1 aliphatic rings. The van der Waals surface area contributed by atoms with E-state index in [-0.39, 0.29) is 36.4 Å². The van der Waals surface area contributed by atoms with E-state index in [1.807, 2.05) is 26.0 Å². The SMILES string of the molecule is CCCCOC(=O)c1cc(F)c(-c2nc3cc(C)ccn3c2C[C@H]2CN(C(=O)OC(C)(C)C)CCO2)c(F)c1. The minimum atomic E-state index is -0.918. The number of aryl methyl sites for hydroxylation is 1. The third kappa shape index (κ3) is 6.73. The number of carbonyl (C=O) groups excluding carboxylic acids is 2. The van der Waals surface area contributed by atoms with Gasteiger partial charge in [0.05, 0.1) is 48.4 Å². The first-order chi connectivity index (χ1) is 18.5. The van der Waals surface area contributed by atoms with E-state index in [1.54, 1.807) is 36.3 Å². The zero-order chi connectivity index (χ0) is 28.3. The fraction of sp³-hybridized carbons (Fsp3) is 0.483. The first-order valence-corrected chi connectivity index (χ1v) is 13.2. The highest BCUT2D eigenvalue weighted by Gasteiger charge is 2.31. The molecule has 10 heteroatoms. The van der Waals surface area contributed by atoms with Gasteiger partial charge in [0, 0.05) is 19.2 Å². The van der Waals surface area contributed by atoms with Crippen LogP contribution in [0.1, 0.15) is 62.2 Å². The summed E-state index contributed by atoms with van der Waals surface area (Å²) in [6.45, 7) is 10.4. The molecular weight excluding hydrogens is 508 g/mol. The summed E-state index contributed by atoms with van der Waals surface area (Å²) in [6, 6.07) is 5.65. The van der Waals surface area contributed by atoms with E-state index < -0.39 is 35.4 Å². The van der Waals surface area contributed by atoms with Gasteiger partial charge in [-0.05, 0) is 63.9 Å². The standard InChI is InChI=1S/C29H35F2N3O5/c1-6-7-11-38-27(35)19-14-21(30)25(22(31)15-19)26-23(34-9-8-18(2)13-24(34)32-26)16-20-17-33(10-12-37-20)28(36)39-29(3,4)5/h8-9,13-15,20H,6-7,10-12,16-17H2,1-5H3/t20-/m0/s1. The van der Waals surface area contributed by atoms with Gasteiger partial charge in [-0.25, -0.2) is 23.4 Å². The van der Waals surface area contributed by atoms with Crippen LogP contribution in [-0.4, -0.2) is 64.4 Å². The van der Waals surface area contributed by atoms with Gasteiger partial charge >= 0.3 is 12.1 Å². The van der Waals surface area contributed by atoms with E-state index in [0.29, 0.717) is 30.9 Å². The monoisotopic (exact) mass is 543 g/mol. The number of unbranched alkanes of at least 4 members (excludes halogenated alkanes) is 1. The maximum absolute atomic E-state index is 15.4. The molecule has 8 nitrogen and oxygen atoms in total. The summed E-state index contributed by atoms with van der Waals surface area (Å²) in [4.78, 5) is 31.1. The van der Waals surface area contributed by atoms with Crippen LogP contribution in [0.2, 0.25) is 0 Å².